The van der Waals surface area contributed by atoms with E-state index in [-0.39, 0.29) is 0 Å². The zero-order valence-electron chi connectivity index (χ0n) is 9.61. The minimum absolute atomic E-state index is 0.729. The van der Waals surface area contributed by atoms with Crippen LogP contribution in [0, 0.1) is 0 Å². The van der Waals surface area contributed by atoms with Gasteiger partial charge in [-0.1, -0.05) is 42.5 Å². The Kier molecular flexibility index (Phi) is 3.50. The van der Waals surface area contributed by atoms with Crippen LogP contribution in [0.2, 0.25) is 5.02 Å². The molecule has 2 rings (SSSR count). The first-order chi connectivity index (χ1) is 8.24. The van der Waals surface area contributed by atoms with E-state index in [1.54, 1.807) is 7.11 Å². The van der Waals surface area contributed by atoms with E-state index in [2.05, 4.69) is 12.6 Å². The number of halogens is 1. The predicted molar refractivity (Wildman–Crippen MR) is 73.5 cm³/mol. The van der Waals surface area contributed by atoms with E-state index in [1.807, 2.05) is 42.5 Å². The molecule has 0 aromatic heterocycles. The Morgan fingerprint density at radius 3 is 2.41 bits per heavy atom. The summed E-state index contributed by atoms with van der Waals surface area (Å²) in [5.41, 5.74) is 3.19. The summed E-state index contributed by atoms with van der Waals surface area (Å²) in [4.78, 5) is 0. The lowest BCUT2D eigenvalue weighted by Gasteiger charge is -2.09. The summed E-state index contributed by atoms with van der Waals surface area (Å²) >= 11 is 5.88. The topological polar surface area (TPSA) is 9.23 Å². The van der Waals surface area contributed by atoms with Gasteiger partial charge in [-0.25, -0.2) is 0 Å². The van der Waals surface area contributed by atoms with Crippen molar-refractivity contribution in [2.75, 3.05) is 7.11 Å². The highest BCUT2D eigenvalue weighted by atomic mass is 35.5. The van der Waals surface area contributed by atoms with Crippen LogP contribution in [0.25, 0.3) is 17.2 Å². The van der Waals surface area contributed by atoms with Gasteiger partial charge in [0.25, 0.3) is 0 Å². The van der Waals surface area contributed by atoms with E-state index in [4.69, 9.17) is 16.3 Å². The smallest absolute Gasteiger partial charge is 0.126 e. The SMILES string of the molecule is C=Cc1ccc(OC)c(-c2ccc(Cl)cc2)c1. The molecule has 17 heavy (non-hydrogen) atoms. The standard InChI is InChI=1S/C15H13ClO/c1-3-11-4-9-15(17-2)14(10-11)12-5-7-13(16)8-6-12/h3-10H,1H2,2H3. The molecule has 0 radical (unpaired) electrons. The molecule has 2 heteroatoms. The summed E-state index contributed by atoms with van der Waals surface area (Å²) in [5, 5.41) is 0.729. The Balaban J connectivity index is 2.55. The molecule has 2 aromatic carbocycles. The van der Waals surface area contributed by atoms with Gasteiger partial charge >= 0.3 is 0 Å². The molecule has 0 amide bonds. The minimum Gasteiger partial charge on any atom is -0.496 e. The first-order valence-corrected chi connectivity index (χ1v) is 5.69. The van der Waals surface area contributed by atoms with Crippen LogP contribution in [0.4, 0.5) is 0 Å². The summed E-state index contributed by atoms with van der Waals surface area (Å²) in [6, 6.07) is 13.7. The van der Waals surface area contributed by atoms with E-state index in [9.17, 15) is 0 Å². The summed E-state index contributed by atoms with van der Waals surface area (Å²) in [6.45, 7) is 3.77. The van der Waals surface area contributed by atoms with Crippen LogP contribution in [0.3, 0.4) is 0 Å². The average molecular weight is 245 g/mol. The molecule has 0 fully saturated rings. The van der Waals surface area contributed by atoms with Gasteiger partial charge in [-0.15, -0.1) is 0 Å². The van der Waals surface area contributed by atoms with Crippen LogP contribution in [-0.4, -0.2) is 7.11 Å². The third-order valence-electron chi connectivity index (χ3n) is 2.61. The normalized spacial score (nSPS) is 10.0. The third kappa shape index (κ3) is 2.51. The number of benzene rings is 2. The predicted octanol–water partition coefficient (Wildman–Crippen LogP) is 4.66. The number of ether oxygens (including phenoxy) is 1. The quantitative estimate of drug-likeness (QED) is 0.763. The fourth-order valence-electron chi connectivity index (χ4n) is 1.71. The molecule has 0 N–H and O–H groups in total. The molecule has 0 heterocycles. The van der Waals surface area contributed by atoms with Gasteiger partial charge < -0.3 is 4.74 Å². The Labute approximate surface area is 106 Å². The molecule has 0 saturated carbocycles. The summed E-state index contributed by atoms with van der Waals surface area (Å²) in [7, 11) is 1.67. The molecule has 0 atom stereocenters. The van der Waals surface area contributed by atoms with Crippen molar-refractivity contribution >= 4 is 17.7 Å². The lowest BCUT2D eigenvalue weighted by atomic mass is 10.0. The molecule has 0 spiro atoms. The number of hydrogen-bond donors (Lipinski definition) is 0. The van der Waals surface area contributed by atoms with Crippen molar-refractivity contribution in [1.82, 2.24) is 0 Å². The van der Waals surface area contributed by atoms with Gasteiger partial charge in [0, 0.05) is 10.6 Å². The van der Waals surface area contributed by atoms with Crippen LogP contribution < -0.4 is 4.74 Å². The Bertz CT molecular complexity index is 529. The van der Waals surface area contributed by atoms with Crippen LogP contribution in [0.15, 0.2) is 49.0 Å². The molecular formula is C15H13ClO. The van der Waals surface area contributed by atoms with E-state index in [0.717, 1.165) is 27.5 Å². The largest absolute Gasteiger partial charge is 0.496 e. The number of rotatable bonds is 3. The van der Waals surface area contributed by atoms with Crippen molar-refractivity contribution in [3.63, 3.8) is 0 Å². The second kappa shape index (κ2) is 5.07. The summed E-state index contributed by atoms with van der Waals surface area (Å²) in [6.07, 6.45) is 1.82. The van der Waals surface area contributed by atoms with Crippen molar-refractivity contribution in [2.45, 2.75) is 0 Å². The number of methoxy groups -OCH3 is 1. The van der Waals surface area contributed by atoms with Gasteiger partial charge in [0.1, 0.15) is 5.75 Å². The van der Waals surface area contributed by atoms with Crippen LogP contribution in [-0.2, 0) is 0 Å². The second-order valence-corrected chi connectivity index (χ2v) is 4.11. The highest BCUT2D eigenvalue weighted by molar-refractivity contribution is 6.30. The van der Waals surface area contributed by atoms with Gasteiger partial charge in [0.2, 0.25) is 0 Å². The fraction of sp³-hybridized carbons (Fsp3) is 0.0667. The Hall–Kier alpha value is -1.73. The molecule has 0 bridgehead atoms. The van der Waals surface area contributed by atoms with Crippen LogP contribution in [0.1, 0.15) is 5.56 Å². The first-order valence-electron chi connectivity index (χ1n) is 5.31. The zero-order chi connectivity index (χ0) is 12.3. The van der Waals surface area contributed by atoms with Gasteiger partial charge in [-0.3, -0.25) is 0 Å². The van der Waals surface area contributed by atoms with Crippen molar-refractivity contribution in [3.8, 4) is 16.9 Å². The maximum atomic E-state index is 5.88. The molecule has 1 nitrogen and oxygen atoms in total. The monoisotopic (exact) mass is 244 g/mol. The molecule has 2 aromatic rings. The molecule has 0 aliphatic heterocycles. The molecule has 86 valence electrons. The van der Waals surface area contributed by atoms with E-state index in [1.165, 1.54) is 0 Å². The minimum atomic E-state index is 0.729. The zero-order valence-corrected chi connectivity index (χ0v) is 10.4. The van der Waals surface area contributed by atoms with E-state index in [0.29, 0.717) is 0 Å². The van der Waals surface area contributed by atoms with E-state index < -0.39 is 0 Å². The van der Waals surface area contributed by atoms with Crippen molar-refractivity contribution in [2.24, 2.45) is 0 Å². The Morgan fingerprint density at radius 1 is 1.12 bits per heavy atom. The molecule has 0 aliphatic rings. The second-order valence-electron chi connectivity index (χ2n) is 3.67. The lowest BCUT2D eigenvalue weighted by Crippen LogP contribution is -1.88. The van der Waals surface area contributed by atoms with Gasteiger partial charge in [-0.2, -0.15) is 0 Å². The van der Waals surface area contributed by atoms with Crippen LogP contribution in [0.5, 0.6) is 5.75 Å². The lowest BCUT2D eigenvalue weighted by molar-refractivity contribution is 0.416. The maximum Gasteiger partial charge on any atom is 0.126 e. The first kappa shape index (κ1) is 11.7. The molecular weight excluding hydrogens is 232 g/mol. The van der Waals surface area contributed by atoms with Crippen molar-refractivity contribution < 1.29 is 4.74 Å². The highest BCUT2D eigenvalue weighted by Gasteiger charge is 2.06. The molecule has 0 unspecified atom stereocenters. The van der Waals surface area contributed by atoms with Gasteiger partial charge in [0.15, 0.2) is 0 Å². The fourth-order valence-corrected chi connectivity index (χ4v) is 1.83. The molecule has 0 saturated heterocycles. The third-order valence-corrected chi connectivity index (χ3v) is 2.87. The molecule has 0 aliphatic carbocycles. The summed E-state index contributed by atoms with van der Waals surface area (Å²) in [5.74, 6) is 0.845. The van der Waals surface area contributed by atoms with Gasteiger partial charge in [-0.05, 0) is 35.4 Å². The number of hydrogen-bond acceptors (Lipinski definition) is 1. The summed E-state index contributed by atoms with van der Waals surface area (Å²) < 4.78 is 5.36. The van der Waals surface area contributed by atoms with Crippen molar-refractivity contribution in [1.29, 1.82) is 0 Å². The van der Waals surface area contributed by atoms with Crippen molar-refractivity contribution in [3.05, 3.63) is 59.6 Å². The highest BCUT2D eigenvalue weighted by Crippen LogP contribution is 2.31. The van der Waals surface area contributed by atoms with Gasteiger partial charge in [0.05, 0.1) is 7.11 Å². The van der Waals surface area contributed by atoms with Crippen LogP contribution >= 0.6 is 11.6 Å². The van der Waals surface area contributed by atoms with E-state index >= 15 is 0 Å². The average Bonchev–Trinajstić information content (AvgIpc) is 2.39. The maximum absolute atomic E-state index is 5.88. The Morgan fingerprint density at radius 2 is 1.82 bits per heavy atom.